The van der Waals surface area contributed by atoms with E-state index in [0.717, 1.165) is 0 Å². The Morgan fingerprint density at radius 1 is 1.43 bits per heavy atom. The number of carbonyl (C=O) groups excluding carboxylic acids is 1. The number of non-ortho nitro benzene ring substituents is 1. The van der Waals surface area contributed by atoms with E-state index in [1.54, 1.807) is 20.8 Å². The topological polar surface area (TPSA) is 93.5 Å². The molecule has 1 aromatic rings. The molecule has 0 bridgehead atoms. The SMILES string of the molecule is CC(CNC(=O)OC(C)(C)C)NCc1cc([N+](=O)[O-])ccc1Cl. The number of hydrogen-bond acceptors (Lipinski definition) is 5. The second-order valence-electron chi connectivity index (χ2n) is 6.20. The normalized spacial score (nSPS) is 12.6. The molecule has 0 saturated carbocycles. The third kappa shape index (κ3) is 7.30. The van der Waals surface area contributed by atoms with Crippen LogP contribution in [0.3, 0.4) is 0 Å². The minimum atomic E-state index is -0.544. The summed E-state index contributed by atoms with van der Waals surface area (Å²) in [6.07, 6.45) is -0.487. The first-order valence-electron chi connectivity index (χ1n) is 7.21. The third-order valence-electron chi connectivity index (χ3n) is 2.83. The van der Waals surface area contributed by atoms with Gasteiger partial charge in [0.05, 0.1) is 4.92 Å². The molecule has 0 aliphatic carbocycles. The summed E-state index contributed by atoms with van der Waals surface area (Å²) in [5.74, 6) is 0. The lowest BCUT2D eigenvalue weighted by Crippen LogP contribution is -2.41. The monoisotopic (exact) mass is 343 g/mol. The highest BCUT2D eigenvalue weighted by molar-refractivity contribution is 6.31. The molecule has 0 aliphatic heterocycles. The second-order valence-corrected chi connectivity index (χ2v) is 6.60. The van der Waals surface area contributed by atoms with E-state index in [1.165, 1.54) is 18.2 Å². The van der Waals surface area contributed by atoms with Gasteiger partial charge in [0.25, 0.3) is 5.69 Å². The molecule has 0 aliphatic rings. The summed E-state index contributed by atoms with van der Waals surface area (Å²) >= 11 is 6.03. The highest BCUT2D eigenvalue weighted by Gasteiger charge is 2.16. The zero-order valence-corrected chi connectivity index (χ0v) is 14.4. The molecule has 23 heavy (non-hydrogen) atoms. The molecule has 0 heterocycles. The first kappa shape index (κ1) is 19.2. The Kier molecular flexibility index (Phi) is 6.78. The van der Waals surface area contributed by atoms with Crippen LogP contribution in [0.1, 0.15) is 33.3 Å². The number of benzene rings is 1. The van der Waals surface area contributed by atoms with E-state index in [1.807, 2.05) is 6.92 Å². The first-order chi connectivity index (χ1) is 10.6. The Morgan fingerprint density at radius 2 is 2.09 bits per heavy atom. The molecule has 1 amide bonds. The maximum Gasteiger partial charge on any atom is 0.407 e. The molecule has 1 rings (SSSR count). The Bertz CT molecular complexity index is 572. The van der Waals surface area contributed by atoms with Gasteiger partial charge in [-0.25, -0.2) is 4.79 Å². The number of rotatable bonds is 6. The Balaban J connectivity index is 2.47. The quantitative estimate of drug-likeness (QED) is 0.610. The van der Waals surface area contributed by atoms with Crippen LogP contribution in [-0.4, -0.2) is 29.2 Å². The summed E-state index contributed by atoms with van der Waals surface area (Å²) in [7, 11) is 0. The molecule has 8 heteroatoms. The number of nitro groups is 1. The second kappa shape index (κ2) is 8.12. The lowest BCUT2D eigenvalue weighted by molar-refractivity contribution is -0.384. The van der Waals surface area contributed by atoms with Crippen molar-refractivity contribution in [1.82, 2.24) is 10.6 Å². The third-order valence-corrected chi connectivity index (χ3v) is 3.20. The highest BCUT2D eigenvalue weighted by Crippen LogP contribution is 2.21. The smallest absolute Gasteiger partial charge is 0.407 e. The average Bonchev–Trinajstić information content (AvgIpc) is 2.42. The standard InChI is InChI=1S/C15H22ClN3O4/c1-10(8-18-14(20)23-15(2,3)4)17-9-11-7-12(19(21)22)5-6-13(11)16/h5-7,10,17H,8-9H2,1-4H3,(H,18,20). The number of amides is 1. The predicted molar refractivity (Wildman–Crippen MR) is 88.6 cm³/mol. The molecule has 1 atom stereocenters. The van der Waals surface area contributed by atoms with Crippen LogP contribution < -0.4 is 10.6 Å². The van der Waals surface area contributed by atoms with Gasteiger partial charge < -0.3 is 15.4 Å². The average molecular weight is 344 g/mol. The van der Waals surface area contributed by atoms with Crippen molar-refractivity contribution in [3.8, 4) is 0 Å². The van der Waals surface area contributed by atoms with Crippen LogP contribution in [0.25, 0.3) is 0 Å². The maximum atomic E-state index is 11.6. The van der Waals surface area contributed by atoms with Crippen molar-refractivity contribution in [2.45, 2.75) is 45.9 Å². The van der Waals surface area contributed by atoms with E-state index < -0.39 is 16.6 Å². The number of nitrogens with one attached hydrogen (secondary N) is 2. The van der Waals surface area contributed by atoms with Crippen molar-refractivity contribution >= 4 is 23.4 Å². The molecule has 0 fully saturated rings. The molecular weight excluding hydrogens is 322 g/mol. The fourth-order valence-corrected chi connectivity index (χ4v) is 1.90. The van der Waals surface area contributed by atoms with E-state index in [4.69, 9.17) is 16.3 Å². The van der Waals surface area contributed by atoms with Gasteiger partial charge >= 0.3 is 6.09 Å². The van der Waals surface area contributed by atoms with Gasteiger partial charge in [-0.3, -0.25) is 10.1 Å². The Labute approximate surface area is 140 Å². The van der Waals surface area contributed by atoms with Gasteiger partial charge in [-0.15, -0.1) is 0 Å². The van der Waals surface area contributed by atoms with Gasteiger partial charge in [0.2, 0.25) is 0 Å². The zero-order chi connectivity index (χ0) is 17.6. The molecule has 128 valence electrons. The number of carbonyl (C=O) groups is 1. The van der Waals surface area contributed by atoms with Crippen LogP contribution in [0.15, 0.2) is 18.2 Å². The molecule has 1 aromatic carbocycles. The molecule has 7 nitrogen and oxygen atoms in total. The largest absolute Gasteiger partial charge is 0.444 e. The Hall–Kier alpha value is -1.86. The van der Waals surface area contributed by atoms with Gasteiger partial charge in [-0.05, 0) is 39.3 Å². The zero-order valence-electron chi connectivity index (χ0n) is 13.7. The van der Waals surface area contributed by atoms with E-state index in [2.05, 4.69) is 10.6 Å². The van der Waals surface area contributed by atoms with Crippen molar-refractivity contribution in [2.75, 3.05) is 6.54 Å². The summed E-state index contributed by atoms with van der Waals surface area (Å²) in [6.45, 7) is 7.97. The minimum absolute atomic E-state index is 0.00858. The highest BCUT2D eigenvalue weighted by atomic mass is 35.5. The number of nitrogens with zero attached hydrogens (tertiary/aromatic N) is 1. The fourth-order valence-electron chi connectivity index (χ4n) is 1.72. The van der Waals surface area contributed by atoms with E-state index in [-0.39, 0.29) is 11.7 Å². The van der Waals surface area contributed by atoms with Crippen LogP contribution in [0.5, 0.6) is 0 Å². The van der Waals surface area contributed by atoms with Gasteiger partial charge in [-0.2, -0.15) is 0 Å². The van der Waals surface area contributed by atoms with Crippen LogP contribution in [0.4, 0.5) is 10.5 Å². The first-order valence-corrected chi connectivity index (χ1v) is 7.59. The number of nitro benzene ring substituents is 1. The summed E-state index contributed by atoms with van der Waals surface area (Å²) in [5, 5.41) is 17.0. The van der Waals surface area contributed by atoms with Crippen LogP contribution in [-0.2, 0) is 11.3 Å². The van der Waals surface area contributed by atoms with Crippen LogP contribution in [0, 0.1) is 10.1 Å². The molecule has 1 unspecified atom stereocenters. The number of ether oxygens (including phenoxy) is 1. The summed E-state index contributed by atoms with van der Waals surface area (Å²) in [4.78, 5) is 21.9. The van der Waals surface area contributed by atoms with Crippen LogP contribution >= 0.6 is 11.6 Å². The summed E-state index contributed by atoms with van der Waals surface area (Å²) < 4.78 is 5.14. The fraction of sp³-hybridized carbons (Fsp3) is 0.533. The molecular formula is C15H22ClN3O4. The van der Waals surface area contributed by atoms with Gasteiger partial charge in [-0.1, -0.05) is 11.6 Å². The number of halogens is 1. The molecule has 0 spiro atoms. The lowest BCUT2D eigenvalue weighted by atomic mass is 10.2. The van der Waals surface area contributed by atoms with Crippen molar-refractivity contribution in [1.29, 1.82) is 0 Å². The van der Waals surface area contributed by atoms with Crippen molar-refractivity contribution in [2.24, 2.45) is 0 Å². The van der Waals surface area contributed by atoms with Gasteiger partial charge in [0, 0.05) is 36.3 Å². The summed E-state index contributed by atoms with van der Waals surface area (Å²) in [5.41, 5.74) is 0.0766. The molecule has 0 radical (unpaired) electrons. The molecule has 0 aromatic heterocycles. The predicted octanol–water partition coefficient (Wildman–Crippen LogP) is 3.25. The molecule has 0 saturated heterocycles. The van der Waals surface area contributed by atoms with Crippen molar-refractivity contribution in [3.05, 3.63) is 38.9 Å². The van der Waals surface area contributed by atoms with Crippen LogP contribution in [0.2, 0.25) is 5.02 Å². The van der Waals surface area contributed by atoms with Gasteiger partial charge in [0.1, 0.15) is 5.60 Å². The summed E-state index contributed by atoms with van der Waals surface area (Å²) in [6, 6.07) is 4.24. The van der Waals surface area contributed by atoms with E-state index in [9.17, 15) is 14.9 Å². The maximum absolute atomic E-state index is 11.6. The minimum Gasteiger partial charge on any atom is -0.444 e. The number of hydrogen-bond donors (Lipinski definition) is 2. The van der Waals surface area contributed by atoms with Crippen molar-refractivity contribution < 1.29 is 14.5 Å². The molecule has 2 N–H and O–H groups in total. The number of alkyl carbamates (subject to hydrolysis) is 1. The lowest BCUT2D eigenvalue weighted by Gasteiger charge is -2.21. The van der Waals surface area contributed by atoms with E-state index in [0.29, 0.717) is 23.7 Å². The van der Waals surface area contributed by atoms with E-state index >= 15 is 0 Å². The van der Waals surface area contributed by atoms with Gasteiger partial charge in [0.15, 0.2) is 0 Å². The van der Waals surface area contributed by atoms with Crippen molar-refractivity contribution in [3.63, 3.8) is 0 Å². The Morgan fingerprint density at radius 3 is 2.65 bits per heavy atom.